The molecule has 0 aromatic carbocycles. The number of hydrogen-bond acceptors (Lipinski definition) is 4. The topological polar surface area (TPSA) is 37.4 Å². The summed E-state index contributed by atoms with van der Waals surface area (Å²) in [6, 6.07) is 3.87. The minimum atomic E-state index is 0.334. The summed E-state index contributed by atoms with van der Waals surface area (Å²) in [5.41, 5.74) is 0.450. The highest BCUT2D eigenvalue weighted by atomic mass is 16.5. The van der Waals surface area contributed by atoms with Gasteiger partial charge in [-0.05, 0) is 36.9 Å². The Balaban J connectivity index is 1.50. The van der Waals surface area contributed by atoms with Gasteiger partial charge >= 0.3 is 0 Å². The molecule has 2 fully saturated rings. The summed E-state index contributed by atoms with van der Waals surface area (Å²) in [4.78, 5) is 6.57. The summed E-state index contributed by atoms with van der Waals surface area (Å²) < 4.78 is 6.01. The molecule has 2 saturated heterocycles. The Morgan fingerprint density at radius 3 is 3.05 bits per heavy atom. The zero-order valence-electron chi connectivity index (χ0n) is 11.6. The highest BCUT2D eigenvalue weighted by molar-refractivity contribution is 5.17. The minimum Gasteiger partial charge on any atom is -0.489 e. The van der Waals surface area contributed by atoms with Crippen molar-refractivity contribution >= 4 is 0 Å². The summed E-state index contributed by atoms with van der Waals surface area (Å²) in [5, 5.41) is 3.47. The lowest BCUT2D eigenvalue weighted by Crippen LogP contribution is -2.37. The molecule has 3 rings (SSSR count). The van der Waals surface area contributed by atoms with Gasteiger partial charge in [0.15, 0.2) is 0 Å². The molecule has 0 spiro atoms. The molecule has 0 amide bonds. The summed E-state index contributed by atoms with van der Waals surface area (Å²) in [5.74, 6) is 0.940. The first kappa shape index (κ1) is 12.9. The third-order valence-corrected chi connectivity index (χ3v) is 4.24. The fraction of sp³-hybridized carbons (Fsp3) is 0.667. The molecule has 0 aliphatic carbocycles. The molecule has 0 radical (unpaired) electrons. The van der Waals surface area contributed by atoms with Gasteiger partial charge in [0, 0.05) is 38.6 Å². The van der Waals surface area contributed by atoms with Crippen molar-refractivity contribution < 1.29 is 4.74 Å². The van der Waals surface area contributed by atoms with Crippen LogP contribution in [-0.2, 0) is 0 Å². The van der Waals surface area contributed by atoms with Crippen molar-refractivity contribution in [1.29, 1.82) is 0 Å². The van der Waals surface area contributed by atoms with Crippen molar-refractivity contribution in [3.63, 3.8) is 0 Å². The summed E-state index contributed by atoms with van der Waals surface area (Å²) in [6.45, 7) is 8.12. The van der Waals surface area contributed by atoms with E-state index in [1.54, 1.807) is 12.4 Å². The molecular formula is C15H23N3O. The van der Waals surface area contributed by atoms with Crippen LogP contribution in [0.15, 0.2) is 24.5 Å². The fourth-order valence-corrected chi connectivity index (χ4v) is 3.19. The van der Waals surface area contributed by atoms with E-state index in [0.29, 0.717) is 11.5 Å². The van der Waals surface area contributed by atoms with Gasteiger partial charge in [-0.15, -0.1) is 0 Å². The quantitative estimate of drug-likeness (QED) is 0.892. The number of pyridine rings is 1. The van der Waals surface area contributed by atoms with E-state index in [4.69, 9.17) is 4.74 Å². The minimum absolute atomic E-state index is 0.334. The fourth-order valence-electron chi connectivity index (χ4n) is 3.19. The van der Waals surface area contributed by atoms with Gasteiger partial charge in [-0.1, -0.05) is 6.92 Å². The van der Waals surface area contributed by atoms with Gasteiger partial charge in [0.25, 0.3) is 0 Å². The van der Waals surface area contributed by atoms with Crippen LogP contribution >= 0.6 is 0 Å². The van der Waals surface area contributed by atoms with Gasteiger partial charge in [-0.2, -0.15) is 0 Å². The molecule has 1 N–H and O–H groups in total. The van der Waals surface area contributed by atoms with Crippen LogP contribution in [0.5, 0.6) is 5.75 Å². The number of nitrogens with zero attached hydrogens (tertiary/aromatic N) is 2. The highest BCUT2D eigenvalue weighted by Gasteiger charge is 2.33. The second kappa shape index (κ2) is 5.47. The Labute approximate surface area is 115 Å². The van der Waals surface area contributed by atoms with Crippen LogP contribution in [0.2, 0.25) is 0 Å². The van der Waals surface area contributed by atoms with Crippen LogP contribution in [-0.4, -0.2) is 48.7 Å². The monoisotopic (exact) mass is 261 g/mol. The number of hydrogen-bond donors (Lipinski definition) is 1. The van der Waals surface area contributed by atoms with Gasteiger partial charge in [0.05, 0.1) is 0 Å². The van der Waals surface area contributed by atoms with Crippen molar-refractivity contribution in [1.82, 2.24) is 15.2 Å². The number of aromatic nitrogens is 1. The van der Waals surface area contributed by atoms with E-state index in [-0.39, 0.29) is 0 Å². The largest absolute Gasteiger partial charge is 0.489 e. The summed E-state index contributed by atoms with van der Waals surface area (Å²) >= 11 is 0. The Hall–Kier alpha value is -1.13. The van der Waals surface area contributed by atoms with E-state index in [1.807, 2.05) is 12.1 Å². The molecule has 2 unspecified atom stereocenters. The van der Waals surface area contributed by atoms with Crippen LogP contribution in [0.4, 0.5) is 0 Å². The average Bonchev–Trinajstić information content (AvgIpc) is 3.01. The van der Waals surface area contributed by atoms with E-state index in [2.05, 4.69) is 22.1 Å². The lowest BCUT2D eigenvalue weighted by atomic mass is 9.89. The van der Waals surface area contributed by atoms with Crippen molar-refractivity contribution in [2.45, 2.75) is 25.9 Å². The van der Waals surface area contributed by atoms with Crippen LogP contribution < -0.4 is 10.1 Å². The second-order valence-electron chi connectivity index (χ2n) is 6.18. The lowest BCUT2D eigenvalue weighted by Gasteiger charge is -2.28. The highest BCUT2D eigenvalue weighted by Crippen LogP contribution is 2.28. The van der Waals surface area contributed by atoms with Gasteiger partial charge in [0.1, 0.15) is 11.9 Å². The third kappa shape index (κ3) is 3.25. The maximum Gasteiger partial charge on any atom is 0.122 e. The lowest BCUT2D eigenvalue weighted by molar-refractivity contribution is 0.169. The maximum absolute atomic E-state index is 6.01. The molecule has 4 heteroatoms. The van der Waals surface area contributed by atoms with Gasteiger partial charge in [-0.25, -0.2) is 0 Å². The summed E-state index contributed by atoms with van der Waals surface area (Å²) in [7, 11) is 0. The normalized spacial score (nSPS) is 31.7. The predicted molar refractivity (Wildman–Crippen MR) is 75.3 cm³/mol. The van der Waals surface area contributed by atoms with Crippen molar-refractivity contribution in [2.75, 3.05) is 32.7 Å². The molecule has 0 saturated carbocycles. The first-order valence-corrected chi connectivity index (χ1v) is 7.23. The Bertz CT molecular complexity index is 403. The number of ether oxygens (including phenoxy) is 1. The molecule has 2 atom stereocenters. The zero-order valence-corrected chi connectivity index (χ0v) is 11.6. The molecule has 4 nitrogen and oxygen atoms in total. The standard InChI is InChI=1S/C15H23N3O/c1-15(5-8-17-11-15)12-18-9-4-14(10-18)19-13-2-6-16-7-3-13/h2-3,6-7,14,17H,4-5,8-12H2,1H3. The Morgan fingerprint density at radius 1 is 1.47 bits per heavy atom. The molecule has 0 bridgehead atoms. The number of nitrogens with one attached hydrogen (secondary N) is 1. The zero-order chi connectivity index (χ0) is 13.1. The molecule has 1 aromatic heterocycles. The van der Waals surface area contributed by atoms with E-state index in [0.717, 1.165) is 31.8 Å². The Kier molecular flexibility index (Phi) is 3.71. The van der Waals surface area contributed by atoms with Crippen molar-refractivity contribution in [3.05, 3.63) is 24.5 Å². The third-order valence-electron chi connectivity index (χ3n) is 4.24. The molecule has 1 aromatic rings. The van der Waals surface area contributed by atoms with Crippen molar-refractivity contribution in [2.24, 2.45) is 5.41 Å². The molecular weight excluding hydrogens is 238 g/mol. The first-order valence-electron chi connectivity index (χ1n) is 7.23. The van der Waals surface area contributed by atoms with Crippen LogP contribution in [0, 0.1) is 5.41 Å². The molecule has 104 valence electrons. The Morgan fingerprint density at radius 2 is 2.32 bits per heavy atom. The second-order valence-corrected chi connectivity index (χ2v) is 6.18. The van der Waals surface area contributed by atoms with Gasteiger partial charge in [0.2, 0.25) is 0 Å². The predicted octanol–water partition coefficient (Wildman–Crippen LogP) is 1.53. The molecule has 2 aliphatic heterocycles. The van der Waals surface area contributed by atoms with E-state index >= 15 is 0 Å². The molecule has 2 aliphatic rings. The maximum atomic E-state index is 6.01. The van der Waals surface area contributed by atoms with E-state index in [1.165, 1.54) is 19.5 Å². The first-order chi connectivity index (χ1) is 9.23. The number of likely N-dealkylation sites (tertiary alicyclic amines) is 1. The van der Waals surface area contributed by atoms with Crippen LogP contribution in [0.3, 0.4) is 0 Å². The van der Waals surface area contributed by atoms with Crippen LogP contribution in [0.25, 0.3) is 0 Å². The average molecular weight is 261 g/mol. The number of rotatable bonds is 4. The summed E-state index contributed by atoms with van der Waals surface area (Å²) in [6.07, 6.45) is 6.33. The van der Waals surface area contributed by atoms with Gasteiger partial charge < -0.3 is 10.1 Å². The van der Waals surface area contributed by atoms with Crippen LogP contribution in [0.1, 0.15) is 19.8 Å². The molecule has 19 heavy (non-hydrogen) atoms. The molecule has 3 heterocycles. The SMILES string of the molecule is CC1(CN2CCC(Oc3ccncc3)C2)CCNC1. The van der Waals surface area contributed by atoms with E-state index < -0.39 is 0 Å². The smallest absolute Gasteiger partial charge is 0.122 e. The van der Waals surface area contributed by atoms with E-state index in [9.17, 15) is 0 Å². The van der Waals surface area contributed by atoms with Crippen molar-refractivity contribution in [3.8, 4) is 5.75 Å². The van der Waals surface area contributed by atoms with Gasteiger partial charge in [-0.3, -0.25) is 9.88 Å².